The van der Waals surface area contributed by atoms with Crippen LogP contribution in [0, 0.1) is 6.92 Å². The number of piperidine rings is 1. The van der Waals surface area contributed by atoms with Crippen LogP contribution in [0.2, 0.25) is 0 Å². The maximum absolute atomic E-state index is 5.99. The minimum Gasteiger partial charge on any atom is -0.474 e. The van der Waals surface area contributed by atoms with E-state index in [9.17, 15) is 0 Å². The van der Waals surface area contributed by atoms with E-state index in [2.05, 4.69) is 23.3 Å². The number of rotatable bonds is 2. The second kappa shape index (κ2) is 4.94. The Morgan fingerprint density at radius 2 is 2.00 bits per heavy atom. The lowest BCUT2D eigenvalue weighted by Crippen LogP contribution is -2.34. The second-order valence-corrected chi connectivity index (χ2v) is 4.86. The van der Waals surface area contributed by atoms with E-state index in [1.165, 1.54) is 10.9 Å². The van der Waals surface area contributed by atoms with Crippen LogP contribution in [0.15, 0.2) is 30.3 Å². The van der Waals surface area contributed by atoms with Gasteiger partial charge in [0.2, 0.25) is 5.88 Å². The van der Waals surface area contributed by atoms with Gasteiger partial charge in [0.15, 0.2) is 0 Å². The van der Waals surface area contributed by atoms with Crippen molar-refractivity contribution >= 4 is 10.9 Å². The molecule has 94 valence electrons. The van der Waals surface area contributed by atoms with Crippen LogP contribution in [-0.2, 0) is 0 Å². The van der Waals surface area contributed by atoms with Crippen LogP contribution >= 0.6 is 0 Å². The van der Waals surface area contributed by atoms with Crippen LogP contribution < -0.4 is 10.1 Å². The molecule has 3 heteroatoms. The first-order valence-corrected chi connectivity index (χ1v) is 6.57. The number of nitrogens with one attached hydrogen (secondary N) is 1. The van der Waals surface area contributed by atoms with Gasteiger partial charge in [-0.25, -0.2) is 4.98 Å². The molecular formula is C15H18N2O. The van der Waals surface area contributed by atoms with Crippen molar-refractivity contribution in [2.45, 2.75) is 25.9 Å². The predicted molar refractivity (Wildman–Crippen MR) is 73.0 cm³/mol. The molecular weight excluding hydrogens is 224 g/mol. The number of para-hydroxylation sites is 1. The Morgan fingerprint density at radius 1 is 1.22 bits per heavy atom. The molecule has 0 atom stereocenters. The first kappa shape index (κ1) is 11.5. The number of aromatic nitrogens is 1. The summed E-state index contributed by atoms with van der Waals surface area (Å²) in [6.45, 7) is 4.19. The van der Waals surface area contributed by atoms with Crippen LogP contribution in [0.3, 0.4) is 0 Å². The van der Waals surface area contributed by atoms with Crippen molar-refractivity contribution in [2.24, 2.45) is 0 Å². The van der Waals surface area contributed by atoms with Crippen LogP contribution in [0.1, 0.15) is 18.4 Å². The van der Waals surface area contributed by atoms with Crippen molar-refractivity contribution in [3.63, 3.8) is 0 Å². The van der Waals surface area contributed by atoms with Gasteiger partial charge in [0.25, 0.3) is 0 Å². The third-order valence-electron chi connectivity index (χ3n) is 3.47. The normalized spacial score (nSPS) is 16.9. The predicted octanol–water partition coefficient (Wildman–Crippen LogP) is 2.67. The Kier molecular flexibility index (Phi) is 3.15. The minimum absolute atomic E-state index is 0.305. The highest BCUT2D eigenvalue weighted by atomic mass is 16.5. The lowest BCUT2D eigenvalue weighted by Gasteiger charge is -2.23. The number of nitrogens with zero attached hydrogens (tertiary/aromatic N) is 1. The summed E-state index contributed by atoms with van der Waals surface area (Å²) < 4.78 is 5.99. The zero-order valence-electron chi connectivity index (χ0n) is 10.6. The van der Waals surface area contributed by atoms with E-state index in [4.69, 9.17) is 4.74 Å². The maximum Gasteiger partial charge on any atom is 0.214 e. The molecule has 2 heterocycles. The molecule has 1 aromatic heterocycles. The van der Waals surface area contributed by atoms with E-state index in [0.717, 1.165) is 37.3 Å². The Balaban J connectivity index is 1.87. The monoisotopic (exact) mass is 242 g/mol. The molecule has 3 rings (SSSR count). The highest BCUT2D eigenvalue weighted by Gasteiger charge is 2.15. The van der Waals surface area contributed by atoms with Crippen LogP contribution in [0.25, 0.3) is 10.9 Å². The lowest BCUT2D eigenvalue weighted by molar-refractivity contribution is 0.156. The number of pyridine rings is 1. The summed E-state index contributed by atoms with van der Waals surface area (Å²) in [6, 6.07) is 10.3. The number of ether oxygens (including phenoxy) is 1. The fourth-order valence-corrected chi connectivity index (χ4v) is 2.46. The molecule has 0 radical (unpaired) electrons. The van der Waals surface area contributed by atoms with Gasteiger partial charge < -0.3 is 10.1 Å². The quantitative estimate of drug-likeness (QED) is 0.879. The highest BCUT2D eigenvalue weighted by molar-refractivity contribution is 5.82. The zero-order chi connectivity index (χ0) is 12.4. The Morgan fingerprint density at radius 3 is 2.83 bits per heavy atom. The van der Waals surface area contributed by atoms with Crippen molar-refractivity contribution < 1.29 is 4.74 Å². The van der Waals surface area contributed by atoms with Crippen molar-refractivity contribution in [3.05, 3.63) is 35.9 Å². The van der Waals surface area contributed by atoms with Crippen molar-refractivity contribution in [1.29, 1.82) is 0 Å². The fraction of sp³-hybridized carbons (Fsp3) is 0.400. The van der Waals surface area contributed by atoms with Crippen molar-refractivity contribution in [1.82, 2.24) is 10.3 Å². The van der Waals surface area contributed by atoms with Crippen LogP contribution in [-0.4, -0.2) is 24.2 Å². The summed E-state index contributed by atoms with van der Waals surface area (Å²) in [5, 5.41) is 4.54. The van der Waals surface area contributed by atoms with Gasteiger partial charge in [0.05, 0.1) is 5.52 Å². The standard InChI is InChI=1S/C15H18N2O/c1-11-10-15(18-12-6-8-16-9-7-12)17-14-5-3-2-4-13(11)14/h2-5,10,12,16H,6-9H2,1H3. The van der Waals surface area contributed by atoms with Gasteiger partial charge in [0.1, 0.15) is 6.10 Å². The molecule has 2 aromatic rings. The summed E-state index contributed by atoms with van der Waals surface area (Å²) >= 11 is 0. The van der Waals surface area contributed by atoms with Gasteiger partial charge >= 0.3 is 0 Å². The average molecular weight is 242 g/mol. The molecule has 18 heavy (non-hydrogen) atoms. The lowest BCUT2D eigenvalue weighted by atomic mass is 10.1. The summed E-state index contributed by atoms with van der Waals surface area (Å²) in [5.41, 5.74) is 2.24. The van der Waals surface area contributed by atoms with E-state index in [1.807, 2.05) is 24.3 Å². The molecule has 0 saturated carbocycles. The zero-order valence-corrected chi connectivity index (χ0v) is 10.6. The van der Waals surface area contributed by atoms with E-state index in [0.29, 0.717) is 6.10 Å². The summed E-state index contributed by atoms with van der Waals surface area (Å²) in [6.07, 6.45) is 2.43. The molecule has 1 saturated heterocycles. The largest absolute Gasteiger partial charge is 0.474 e. The van der Waals surface area contributed by atoms with Gasteiger partial charge in [-0.1, -0.05) is 18.2 Å². The Bertz CT molecular complexity index is 547. The molecule has 0 aliphatic carbocycles. The minimum atomic E-state index is 0.305. The molecule has 3 nitrogen and oxygen atoms in total. The van der Waals surface area contributed by atoms with E-state index < -0.39 is 0 Å². The molecule has 0 amide bonds. The molecule has 1 aliphatic heterocycles. The van der Waals surface area contributed by atoms with E-state index in [-0.39, 0.29) is 0 Å². The van der Waals surface area contributed by atoms with Gasteiger partial charge in [0, 0.05) is 11.5 Å². The van der Waals surface area contributed by atoms with Gasteiger partial charge in [-0.3, -0.25) is 0 Å². The third kappa shape index (κ3) is 2.31. The molecule has 1 aliphatic rings. The van der Waals surface area contributed by atoms with Gasteiger partial charge in [-0.2, -0.15) is 0 Å². The molecule has 1 aromatic carbocycles. The van der Waals surface area contributed by atoms with Gasteiger partial charge in [-0.15, -0.1) is 0 Å². The highest BCUT2D eigenvalue weighted by Crippen LogP contribution is 2.22. The molecule has 0 unspecified atom stereocenters. The number of hydrogen-bond donors (Lipinski definition) is 1. The first-order chi connectivity index (χ1) is 8.83. The number of fused-ring (bicyclic) bond motifs is 1. The smallest absolute Gasteiger partial charge is 0.214 e. The number of benzene rings is 1. The Hall–Kier alpha value is -1.61. The molecule has 1 N–H and O–H groups in total. The summed E-state index contributed by atoms with van der Waals surface area (Å²) in [7, 11) is 0. The van der Waals surface area contributed by atoms with Crippen molar-refractivity contribution in [3.8, 4) is 5.88 Å². The SMILES string of the molecule is Cc1cc(OC2CCNCC2)nc2ccccc12. The first-order valence-electron chi connectivity index (χ1n) is 6.57. The van der Waals surface area contributed by atoms with Gasteiger partial charge in [-0.05, 0) is 44.5 Å². The van der Waals surface area contributed by atoms with Crippen LogP contribution in [0.5, 0.6) is 5.88 Å². The fourth-order valence-electron chi connectivity index (χ4n) is 2.46. The molecule has 0 spiro atoms. The maximum atomic E-state index is 5.99. The second-order valence-electron chi connectivity index (χ2n) is 4.86. The van der Waals surface area contributed by atoms with E-state index >= 15 is 0 Å². The third-order valence-corrected chi connectivity index (χ3v) is 3.47. The average Bonchev–Trinajstić information content (AvgIpc) is 2.40. The Labute approximate surface area is 107 Å². The molecule has 1 fully saturated rings. The summed E-state index contributed by atoms with van der Waals surface area (Å²) in [4.78, 5) is 4.59. The van der Waals surface area contributed by atoms with Crippen molar-refractivity contribution in [2.75, 3.05) is 13.1 Å². The number of aryl methyl sites for hydroxylation is 1. The topological polar surface area (TPSA) is 34.1 Å². The summed E-state index contributed by atoms with van der Waals surface area (Å²) in [5.74, 6) is 0.762. The van der Waals surface area contributed by atoms with E-state index in [1.54, 1.807) is 0 Å². The molecule has 0 bridgehead atoms. The number of hydrogen-bond acceptors (Lipinski definition) is 3. The van der Waals surface area contributed by atoms with Crippen LogP contribution in [0.4, 0.5) is 0 Å².